The standard InChI is InChI=1S/C14H11N/c1-2-5-11(6-3-1)14-10-9-12-7-4-8-13(12)15-14/h1-6,8-10H,7H2. The second-order valence-corrected chi connectivity index (χ2v) is 3.71. The van der Waals surface area contributed by atoms with Crippen LogP contribution in [0, 0.1) is 0 Å². The summed E-state index contributed by atoms with van der Waals surface area (Å²) in [5, 5.41) is 0. The predicted octanol–water partition coefficient (Wildman–Crippen LogP) is 3.32. The average molecular weight is 193 g/mol. The van der Waals surface area contributed by atoms with Gasteiger partial charge in [-0.15, -0.1) is 0 Å². The number of hydrogen-bond acceptors (Lipinski definition) is 1. The minimum atomic E-state index is 1.03. The van der Waals surface area contributed by atoms with E-state index in [0.717, 1.165) is 17.8 Å². The molecule has 0 N–H and O–H groups in total. The maximum Gasteiger partial charge on any atom is 0.0709 e. The van der Waals surface area contributed by atoms with Crippen molar-refractivity contribution < 1.29 is 0 Å². The zero-order valence-corrected chi connectivity index (χ0v) is 8.35. The first-order chi connectivity index (χ1) is 7.43. The number of pyridine rings is 1. The fourth-order valence-electron chi connectivity index (χ4n) is 1.89. The van der Waals surface area contributed by atoms with E-state index in [1.807, 2.05) is 18.2 Å². The number of hydrogen-bond donors (Lipinski definition) is 0. The number of aromatic nitrogens is 1. The highest BCUT2D eigenvalue weighted by Gasteiger charge is 2.07. The van der Waals surface area contributed by atoms with Gasteiger partial charge in [-0.25, -0.2) is 4.98 Å². The summed E-state index contributed by atoms with van der Waals surface area (Å²) in [5.41, 5.74) is 4.69. The molecule has 0 amide bonds. The van der Waals surface area contributed by atoms with Gasteiger partial charge in [-0.05, 0) is 24.1 Å². The molecule has 1 nitrogen and oxygen atoms in total. The predicted molar refractivity (Wildman–Crippen MR) is 62.4 cm³/mol. The third kappa shape index (κ3) is 1.46. The highest BCUT2D eigenvalue weighted by molar-refractivity contribution is 5.64. The van der Waals surface area contributed by atoms with E-state index in [1.54, 1.807) is 0 Å². The molecule has 2 aromatic rings. The molecule has 1 aromatic carbocycles. The topological polar surface area (TPSA) is 12.9 Å². The molecule has 1 aromatic heterocycles. The molecular weight excluding hydrogens is 182 g/mol. The Kier molecular flexibility index (Phi) is 1.88. The van der Waals surface area contributed by atoms with Crippen LogP contribution < -0.4 is 0 Å². The molecule has 72 valence electrons. The van der Waals surface area contributed by atoms with Crippen LogP contribution in [0.15, 0.2) is 48.5 Å². The molecule has 0 atom stereocenters. The van der Waals surface area contributed by atoms with Gasteiger partial charge in [0.1, 0.15) is 0 Å². The first-order valence-corrected chi connectivity index (χ1v) is 5.15. The van der Waals surface area contributed by atoms with Gasteiger partial charge < -0.3 is 0 Å². The molecule has 1 aliphatic carbocycles. The second kappa shape index (κ2) is 3.35. The zero-order valence-electron chi connectivity index (χ0n) is 8.35. The van der Waals surface area contributed by atoms with Crippen LogP contribution in [0.2, 0.25) is 0 Å². The van der Waals surface area contributed by atoms with Crippen molar-refractivity contribution in [3.05, 3.63) is 59.8 Å². The van der Waals surface area contributed by atoms with E-state index < -0.39 is 0 Å². The molecule has 0 saturated heterocycles. The van der Waals surface area contributed by atoms with Crippen molar-refractivity contribution in [1.29, 1.82) is 0 Å². The van der Waals surface area contributed by atoms with Crippen molar-refractivity contribution in [2.75, 3.05) is 0 Å². The van der Waals surface area contributed by atoms with Gasteiger partial charge in [-0.3, -0.25) is 0 Å². The van der Waals surface area contributed by atoms with Crippen LogP contribution in [-0.2, 0) is 6.42 Å². The SMILES string of the molecule is C1=Cc2nc(-c3ccccc3)ccc2C1. The molecule has 1 heteroatoms. The van der Waals surface area contributed by atoms with E-state index in [1.165, 1.54) is 11.1 Å². The summed E-state index contributed by atoms with van der Waals surface area (Å²) in [6, 6.07) is 14.6. The molecule has 3 rings (SSSR count). The van der Waals surface area contributed by atoms with Gasteiger partial charge in [-0.1, -0.05) is 42.5 Å². The Morgan fingerprint density at radius 3 is 2.67 bits per heavy atom. The minimum Gasteiger partial charge on any atom is -0.248 e. The Morgan fingerprint density at radius 2 is 1.80 bits per heavy atom. The van der Waals surface area contributed by atoms with Gasteiger partial charge in [-0.2, -0.15) is 0 Å². The largest absolute Gasteiger partial charge is 0.248 e. The summed E-state index contributed by atoms with van der Waals surface area (Å²) in [6.07, 6.45) is 5.28. The van der Waals surface area contributed by atoms with E-state index in [0.29, 0.717) is 0 Å². The summed E-state index contributed by atoms with van der Waals surface area (Å²) in [7, 11) is 0. The molecule has 0 radical (unpaired) electrons. The van der Waals surface area contributed by atoms with E-state index in [2.05, 4.69) is 41.4 Å². The highest BCUT2D eigenvalue weighted by atomic mass is 14.7. The number of allylic oxidation sites excluding steroid dienone is 1. The van der Waals surface area contributed by atoms with Crippen molar-refractivity contribution in [2.45, 2.75) is 6.42 Å². The molecule has 0 fully saturated rings. The number of rotatable bonds is 1. The Hall–Kier alpha value is -1.89. The van der Waals surface area contributed by atoms with Crippen LogP contribution in [0.5, 0.6) is 0 Å². The first kappa shape index (κ1) is 8.42. The maximum absolute atomic E-state index is 4.64. The van der Waals surface area contributed by atoms with E-state index in [4.69, 9.17) is 0 Å². The maximum atomic E-state index is 4.64. The molecule has 0 saturated carbocycles. The average Bonchev–Trinajstić information content (AvgIpc) is 2.77. The lowest BCUT2D eigenvalue weighted by Crippen LogP contribution is -1.89. The smallest absolute Gasteiger partial charge is 0.0709 e. The lowest BCUT2D eigenvalue weighted by atomic mass is 10.1. The molecular formula is C14H11N. The lowest BCUT2D eigenvalue weighted by molar-refractivity contribution is 1.21. The molecule has 0 aliphatic heterocycles. The van der Waals surface area contributed by atoms with Crippen molar-refractivity contribution in [2.24, 2.45) is 0 Å². The summed E-state index contributed by atoms with van der Waals surface area (Å²) >= 11 is 0. The normalized spacial score (nSPS) is 12.8. The Balaban J connectivity index is 2.11. The van der Waals surface area contributed by atoms with Crippen LogP contribution in [0.1, 0.15) is 11.3 Å². The van der Waals surface area contributed by atoms with Gasteiger partial charge in [0, 0.05) is 5.56 Å². The van der Waals surface area contributed by atoms with Gasteiger partial charge in [0.2, 0.25) is 0 Å². The van der Waals surface area contributed by atoms with Crippen LogP contribution in [0.25, 0.3) is 17.3 Å². The summed E-state index contributed by atoms with van der Waals surface area (Å²) in [6.45, 7) is 0. The second-order valence-electron chi connectivity index (χ2n) is 3.71. The summed E-state index contributed by atoms with van der Waals surface area (Å²) < 4.78 is 0. The first-order valence-electron chi connectivity index (χ1n) is 5.15. The van der Waals surface area contributed by atoms with E-state index in [9.17, 15) is 0 Å². The fourth-order valence-corrected chi connectivity index (χ4v) is 1.89. The van der Waals surface area contributed by atoms with Gasteiger partial charge in [0.15, 0.2) is 0 Å². The van der Waals surface area contributed by atoms with Gasteiger partial charge >= 0.3 is 0 Å². The van der Waals surface area contributed by atoms with E-state index in [-0.39, 0.29) is 0 Å². The highest BCUT2D eigenvalue weighted by Crippen LogP contribution is 2.22. The molecule has 1 aliphatic rings. The van der Waals surface area contributed by atoms with Crippen molar-refractivity contribution in [3.8, 4) is 11.3 Å². The monoisotopic (exact) mass is 193 g/mol. The van der Waals surface area contributed by atoms with E-state index >= 15 is 0 Å². The van der Waals surface area contributed by atoms with Crippen LogP contribution in [0.4, 0.5) is 0 Å². The minimum absolute atomic E-state index is 1.03. The molecule has 1 heterocycles. The third-order valence-corrected chi connectivity index (χ3v) is 2.70. The van der Waals surface area contributed by atoms with Crippen LogP contribution >= 0.6 is 0 Å². The molecule has 0 spiro atoms. The van der Waals surface area contributed by atoms with Crippen molar-refractivity contribution >= 4 is 6.08 Å². The lowest BCUT2D eigenvalue weighted by Gasteiger charge is -2.03. The zero-order chi connectivity index (χ0) is 10.1. The Morgan fingerprint density at radius 1 is 0.933 bits per heavy atom. The Labute approximate surface area is 89.1 Å². The van der Waals surface area contributed by atoms with Crippen LogP contribution in [0.3, 0.4) is 0 Å². The molecule has 15 heavy (non-hydrogen) atoms. The summed E-state index contributed by atoms with van der Waals surface area (Å²) in [5.74, 6) is 0. The fraction of sp³-hybridized carbons (Fsp3) is 0.0714. The Bertz CT molecular complexity index is 512. The number of fused-ring (bicyclic) bond motifs is 1. The summed E-state index contributed by atoms with van der Waals surface area (Å²) in [4.78, 5) is 4.64. The number of benzene rings is 1. The van der Waals surface area contributed by atoms with Crippen molar-refractivity contribution in [1.82, 2.24) is 4.98 Å². The molecule has 0 bridgehead atoms. The number of nitrogens with zero attached hydrogens (tertiary/aromatic N) is 1. The van der Waals surface area contributed by atoms with Crippen molar-refractivity contribution in [3.63, 3.8) is 0 Å². The third-order valence-electron chi connectivity index (χ3n) is 2.70. The van der Waals surface area contributed by atoms with Gasteiger partial charge in [0.25, 0.3) is 0 Å². The van der Waals surface area contributed by atoms with Gasteiger partial charge in [0.05, 0.1) is 11.4 Å². The van der Waals surface area contributed by atoms with Crippen LogP contribution in [-0.4, -0.2) is 4.98 Å². The molecule has 0 unspecified atom stereocenters. The quantitative estimate of drug-likeness (QED) is 0.677.